The number of carbonyl (C=O) groups excluding carboxylic acids is 1. The molecule has 1 aliphatic heterocycles. The lowest BCUT2D eigenvalue weighted by atomic mass is 9.49. The SMILES string of the molecule is CN(CC(=O)O)C1CCN(C(=O)CC23CC4CC(CC(C4)C2)C3)CC1.Cl. The number of amides is 1. The quantitative estimate of drug-likeness (QED) is 0.791. The number of rotatable bonds is 5. The molecule has 1 N–H and O–H groups in total. The van der Waals surface area contributed by atoms with Crippen molar-refractivity contribution in [3.05, 3.63) is 0 Å². The summed E-state index contributed by atoms with van der Waals surface area (Å²) in [6.07, 6.45) is 10.7. The van der Waals surface area contributed by atoms with Crippen LogP contribution in [0.15, 0.2) is 0 Å². The standard InChI is InChI=1S/C20H32N2O3.ClH/c1-21(13-19(24)25)17-2-4-22(5-3-17)18(23)12-20-9-14-6-15(10-20)8-16(7-14)11-20;/h14-17H,2-13H2,1H3,(H,24,25);1H. The molecule has 0 aromatic rings. The van der Waals surface area contributed by atoms with Crippen LogP contribution in [0.4, 0.5) is 0 Å². The summed E-state index contributed by atoms with van der Waals surface area (Å²) in [7, 11) is 1.88. The third-order valence-corrected chi connectivity index (χ3v) is 7.52. The van der Waals surface area contributed by atoms with Gasteiger partial charge >= 0.3 is 5.97 Å². The Kier molecular flexibility index (Phi) is 5.88. The smallest absolute Gasteiger partial charge is 0.317 e. The topological polar surface area (TPSA) is 60.9 Å². The van der Waals surface area contributed by atoms with E-state index in [4.69, 9.17) is 5.11 Å². The van der Waals surface area contributed by atoms with Gasteiger partial charge in [0, 0.05) is 25.6 Å². The molecule has 0 spiro atoms. The number of piperidine rings is 1. The largest absolute Gasteiger partial charge is 0.480 e. The molecular weight excluding hydrogens is 352 g/mol. The molecule has 148 valence electrons. The highest BCUT2D eigenvalue weighted by Gasteiger charge is 2.51. The molecule has 0 radical (unpaired) electrons. The van der Waals surface area contributed by atoms with Gasteiger partial charge in [-0.1, -0.05) is 0 Å². The number of carboxylic acids is 1. The van der Waals surface area contributed by atoms with Crippen LogP contribution in [0.25, 0.3) is 0 Å². The molecule has 5 aliphatic rings. The lowest BCUT2D eigenvalue weighted by molar-refractivity contribution is -0.143. The molecule has 5 nitrogen and oxygen atoms in total. The van der Waals surface area contributed by atoms with Gasteiger partial charge < -0.3 is 10.0 Å². The number of hydrogen-bond acceptors (Lipinski definition) is 3. The zero-order chi connectivity index (χ0) is 17.6. The summed E-state index contributed by atoms with van der Waals surface area (Å²) < 4.78 is 0. The minimum atomic E-state index is -0.775. The molecular formula is C20H33ClN2O3. The number of hydrogen-bond donors (Lipinski definition) is 1. The lowest BCUT2D eigenvalue weighted by Crippen LogP contribution is -2.50. The molecule has 5 rings (SSSR count). The van der Waals surface area contributed by atoms with Crippen molar-refractivity contribution >= 4 is 24.3 Å². The van der Waals surface area contributed by atoms with Gasteiger partial charge in [0.05, 0.1) is 6.54 Å². The molecule has 5 fully saturated rings. The number of halogens is 1. The number of aliphatic carboxylic acids is 1. The summed E-state index contributed by atoms with van der Waals surface area (Å²) in [5.41, 5.74) is 0.322. The summed E-state index contributed by atoms with van der Waals surface area (Å²) in [5.74, 6) is 2.28. The number of carboxylic acid groups (broad SMARTS) is 1. The molecule has 4 aliphatic carbocycles. The van der Waals surface area contributed by atoms with Gasteiger partial charge in [-0.25, -0.2) is 0 Å². The average Bonchev–Trinajstić information content (AvgIpc) is 2.52. The van der Waals surface area contributed by atoms with Crippen molar-refractivity contribution in [3.63, 3.8) is 0 Å². The predicted molar refractivity (Wildman–Crippen MR) is 102 cm³/mol. The first-order chi connectivity index (χ1) is 11.9. The summed E-state index contributed by atoms with van der Waals surface area (Å²) in [5, 5.41) is 8.94. The minimum absolute atomic E-state index is 0. The van der Waals surface area contributed by atoms with Crippen molar-refractivity contribution < 1.29 is 14.7 Å². The van der Waals surface area contributed by atoms with Crippen molar-refractivity contribution in [1.29, 1.82) is 0 Å². The van der Waals surface area contributed by atoms with Gasteiger partial charge in [-0.2, -0.15) is 0 Å². The third-order valence-electron chi connectivity index (χ3n) is 7.52. The van der Waals surface area contributed by atoms with Gasteiger partial charge in [-0.05, 0) is 81.6 Å². The normalized spacial score (nSPS) is 36.2. The van der Waals surface area contributed by atoms with E-state index in [1.54, 1.807) is 0 Å². The fraction of sp³-hybridized carbons (Fsp3) is 0.900. The van der Waals surface area contributed by atoms with Crippen molar-refractivity contribution in [2.24, 2.45) is 23.2 Å². The lowest BCUT2D eigenvalue weighted by Gasteiger charge is -2.57. The maximum Gasteiger partial charge on any atom is 0.317 e. The monoisotopic (exact) mass is 384 g/mol. The van der Waals surface area contributed by atoms with Crippen molar-refractivity contribution in [2.75, 3.05) is 26.7 Å². The third kappa shape index (κ3) is 4.04. The second-order valence-corrected chi connectivity index (χ2v) is 9.52. The van der Waals surface area contributed by atoms with E-state index in [1.165, 1.54) is 38.5 Å². The van der Waals surface area contributed by atoms with Crippen LogP contribution in [0, 0.1) is 23.2 Å². The van der Waals surface area contributed by atoms with E-state index < -0.39 is 5.97 Å². The van der Waals surface area contributed by atoms with Gasteiger partial charge in [0.2, 0.25) is 5.91 Å². The Labute approximate surface area is 162 Å². The van der Waals surface area contributed by atoms with E-state index in [9.17, 15) is 9.59 Å². The number of likely N-dealkylation sites (tertiary alicyclic amines) is 1. The molecule has 1 amide bonds. The van der Waals surface area contributed by atoms with Crippen LogP contribution in [0.3, 0.4) is 0 Å². The maximum atomic E-state index is 13.0. The first kappa shape index (κ1) is 19.9. The Bertz CT molecular complexity index is 510. The summed E-state index contributed by atoms with van der Waals surface area (Å²) in [4.78, 5) is 27.8. The van der Waals surface area contributed by atoms with Crippen LogP contribution >= 0.6 is 12.4 Å². The number of likely N-dealkylation sites (N-methyl/N-ethyl adjacent to an activating group) is 1. The molecule has 26 heavy (non-hydrogen) atoms. The van der Waals surface area contributed by atoms with Gasteiger partial charge in [0.25, 0.3) is 0 Å². The van der Waals surface area contributed by atoms with Crippen LogP contribution in [0.2, 0.25) is 0 Å². The molecule has 1 heterocycles. The van der Waals surface area contributed by atoms with Gasteiger partial charge in [-0.15, -0.1) is 12.4 Å². The Balaban J connectivity index is 0.00000196. The second kappa shape index (κ2) is 7.67. The van der Waals surface area contributed by atoms with Gasteiger partial charge in [0.15, 0.2) is 0 Å². The fourth-order valence-electron chi connectivity index (χ4n) is 6.84. The molecule has 4 saturated carbocycles. The van der Waals surface area contributed by atoms with E-state index >= 15 is 0 Å². The summed E-state index contributed by atoms with van der Waals surface area (Å²) >= 11 is 0. The van der Waals surface area contributed by atoms with Crippen LogP contribution in [-0.4, -0.2) is 59.5 Å². The number of carbonyl (C=O) groups is 2. The molecule has 0 atom stereocenters. The zero-order valence-corrected chi connectivity index (χ0v) is 16.7. The molecule has 6 heteroatoms. The molecule has 0 aromatic carbocycles. The maximum absolute atomic E-state index is 13.0. The zero-order valence-electron chi connectivity index (χ0n) is 15.9. The van der Waals surface area contributed by atoms with Gasteiger partial charge in [0.1, 0.15) is 0 Å². The first-order valence-corrected chi connectivity index (χ1v) is 10.1. The average molecular weight is 385 g/mol. The molecule has 1 saturated heterocycles. The van der Waals surface area contributed by atoms with Crippen LogP contribution in [0.5, 0.6) is 0 Å². The van der Waals surface area contributed by atoms with E-state index in [0.717, 1.165) is 50.1 Å². The van der Waals surface area contributed by atoms with Crippen LogP contribution < -0.4 is 0 Å². The van der Waals surface area contributed by atoms with Crippen molar-refractivity contribution in [2.45, 2.75) is 63.8 Å². The summed E-state index contributed by atoms with van der Waals surface area (Å²) in [6.45, 7) is 1.67. The Morgan fingerprint density at radius 3 is 2.00 bits per heavy atom. The van der Waals surface area contributed by atoms with E-state index in [1.807, 2.05) is 11.9 Å². The van der Waals surface area contributed by atoms with Gasteiger partial charge in [-0.3, -0.25) is 14.5 Å². The Morgan fingerprint density at radius 2 is 1.54 bits per heavy atom. The van der Waals surface area contributed by atoms with Crippen molar-refractivity contribution in [1.82, 2.24) is 9.80 Å². The second-order valence-electron chi connectivity index (χ2n) is 9.52. The molecule has 0 unspecified atom stereocenters. The Morgan fingerprint density at radius 1 is 1.04 bits per heavy atom. The highest BCUT2D eigenvalue weighted by Crippen LogP contribution is 2.61. The van der Waals surface area contributed by atoms with E-state index in [-0.39, 0.29) is 19.0 Å². The molecule has 0 aromatic heterocycles. The number of nitrogens with zero attached hydrogens (tertiary/aromatic N) is 2. The van der Waals surface area contributed by atoms with Crippen molar-refractivity contribution in [3.8, 4) is 0 Å². The highest BCUT2D eigenvalue weighted by molar-refractivity contribution is 5.85. The van der Waals surface area contributed by atoms with E-state index in [2.05, 4.69) is 4.90 Å². The predicted octanol–water partition coefficient (Wildman–Crippen LogP) is 3.02. The summed E-state index contributed by atoms with van der Waals surface area (Å²) in [6, 6.07) is 0.291. The highest BCUT2D eigenvalue weighted by atomic mass is 35.5. The first-order valence-electron chi connectivity index (χ1n) is 10.1. The van der Waals surface area contributed by atoms with Crippen LogP contribution in [0.1, 0.15) is 57.8 Å². The van der Waals surface area contributed by atoms with E-state index in [0.29, 0.717) is 17.4 Å². The van der Waals surface area contributed by atoms with Crippen LogP contribution in [-0.2, 0) is 9.59 Å². The Hall–Kier alpha value is -0.810. The fourth-order valence-corrected chi connectivity index (χ4v) is 6.84. The molecule has 4 bridgehead atoms. The minimum Gasteiger partial charge on any atom is -0.480 e.